The number of rotatable bonds is 3. The van der Waals surface area contributed by atoms with E-state index in [1.54, 1.807) is 0 Å². The van der Waals surface area contributed by atoms with Gasteiger partial charge in [0.25, 0.3) is 0 Å². The van der Waals surface area contributed by atoms with Gasteiger partial charge in [-0.1, -0.05) is 25.4 Å². The molecule has 0 bridgehead atoms. The molecule has 18 heavy (non-hydrogen) atoms. The molecule has 96 valence electrons. The van der Waals surface area contributed by atoms with Gasteiger partial charge in [0.1, 0.15) is 17.2 Å². The molecular formula is C12H16ClN5. The number of aryl methyl sites for hydroxylation is 2. The smallest absolute Gasteiger partial charge is 0.146 e. The Hall–Kier alpha value is -1.62. The van der Waals surface area contributed by atoms with Gasteiger partial charge in [0.05, 0.1) is 11.4 Å². The third-order valence-corrected chi connectivity index (χ3v) is 3.33. The van der Waals surface area contributed by atoms with Gasteiger partial charge in [-0.2, -0.15) is 5.10 Å². The van der Waals surface area contributed by atoms with Crippen molar-refractivity contribution >= 4 is 17.4 Å². The Morgan fingerprint density at radius 1 is 1.28 bits per heavy atom. The molecule has 0 aliphatic carbocycles. The van der Waals surface area contributed by atoms with Crippen molar-refractivity contribution in [2.45, 2.75) is 26.7 Å². The normalized spacial score (nSPS) is 10.9. The molecule has 2 aromatic rings. The number of hydrogen-bond acceptors (Lipinski definition) is 4. The zero-order valence-electron chi connectivity index (χ0n) is 10.7. The minimum absolute atomic E-state index is 0.301. The van der Waals surface area contributed by atoms with E-state index in [0.717, 1.165) is 29.8 Å². The molecule has 0 atom stereocenters. The number of anilines is 1. The van der Waals surface area contributed by atoms with Crippen LogP contribution in [0.3, 0.4) is 0 Å². The molecule has 0 saturated carbocycles. The van der Waals surface area contributed by atoms with Crippen LogP contribution in [-0.4, -0.2) is 19.7 Å². The Bertz CT molecular complexity index is 576. The van der Waals surface area contributed by atoms with E-state index in [-0.39, 0.29) is 0 Å². The zero-order chi connectivity index (χ0) is 13.3. The Balaban J connectivity index is 2.73. The van der Waals surface area contributed by atoms with Crippen LogP contribution in [-0.2, 0) is 19.9 Å². The predicted octanol–water partition coefficient (Wildman–Crippen LogP) is 2.24. The van der Waals surface area contributed by atoms with Crippen LogP contribution in [0.1, 0.15) is 25.2 Å². The van der Waals surface area contributed by atoms with E-state index in [1.165, 1.54) is 6.33 Å². The molecule has 0 unspecified atom stereocenters. The zero-order valence-corrected chi connectivity index (χ0v) is 11.5. The average molecular weight is 266 g/mol. The second-order valence-electron chi connectivity index (χ2n) is 4.02. The summed E-state index contributed by atoms with van der Waals surface area (Å²) in [6, 6.07) is 0. The number of hydrogen-bond donors (Lipinski definition) is 1. The lowest BCUT2D eigenvalue weighted by atomic mass is 10.1. The van der Waals surface area contributed by atoms with Gasteiger partial charge < -0.3 is 5.73 Å². The van der Waals surface area contributed by atoms with Gasteiger partial charge in [-0.3, -0.25) is 4.68 Å². The lowest BCUT2D eigenvalue weighted by molar-refractivity contribution is 0.705. The summed E-state index contributed by atoms with van der Waals surface area (Å²) in [6.07, 6.45) is 3.12. The fourth-order valence-electron chi connectivity index (χ4n) is 2.10. The number of aromatic nitrogens is 4. The maximum atomic E-state index is 6.21. The Morgan fingerprint density at radius 3 is 2.61 bits per heavy atom. The van der Waals surface area contributed by atoms with Gasteiger partial charge in [0, 0.05) is 18.3 Å². The van der Waals surface area contributed by atoms with Gasteiger partial charge in [0.2, 0.25) is 0 Å². The summed E-state index contributed by atoms with van der Waals surface area (Å²) in [6.45, 7) is 4.14. The monoisotopic (exact) mass is 265 g/mol. The van der Waals surface area contributed by atoms with Crippen LogP contribution in [0.2, 0.25) is 5.02 Å². The van der Waals surface area contributed by atoms with Crippen molar-refractivity contribution in [2.75, 3.05) is 5.73 Å². The van der Waals surface area contributed by atoms with Crippen molar-refractivity contribution in [3.63, 3.8) is 0 Å². The third kappa shape index (κ3) is 1.95. The van der Waals surface area contributed by atoms with Gasteiger partial charge in [0.15, 0.2) is 0 Å². The molecule has 0 aliphatic rings. The highest BCUT2D eigenvalue weighted by Gasteiger charge is 2.20. The first-order chi connectivity index (χ1) is 8.60. The van der Waals surface area contributed by atoms with Gasteiger partial charge in [-0.05, 0) is 12.8 Å². The molecule has 0 aliphatic heterocycles. The standard InChI is InChI=1S/C12H16ClN5/c1-4-7-9(8(5-2)18(3)17-7)11-10(13)12(14)16-6-15-11/h6H,4-5H2,1-3H3,(H2,14,15,16). The van der Waals surface area contributed by atoms with E-state index < -0.39 is 0 Å². The largest absolute Gasteiger partial charge is 0.382 e. The van der Waals surface area contributed by atoms with Gasteiger partial charge in [-0.25, -0.2) is 9.97 Å². The van der Waals surface area contributed by atoms with Crippen molar-refractivity contribution in [1.29, 1.82) is 0 Å². The second-order valence-corrected chi connectivity index (χ2v) is 4.40. The summed E-state index contributed by atoms with van der Waals surface area (Å²) in [5.74, 6) is 0.301. The second kappa shape index (κ2) is 4.94. The van der Waals surface area contributed by atoms with E-state index in [9.17, 15) is 0 Å². The molecule has 2 heterocycles. The van der Waals surface area contributed by atoms with Crippen molar-refractivity contribution in [1.82, 2.24) is 19.7 Å². The van der Waals surface area contributed by atoms with E-state index in [1.807, 2.05) is 11.7 Å². The molecule has 0 radical (unpaired) electrons. The predicted molar refractivity (Wildman–Crippen MR) is 72.4 cm³/mol. The lowest BCUT2D eigenvalue weighted by Crippen LogP contribution is -2.00. The molecule has 5 nitrogen and oxygen atoms in total. The molecular weight excluding hydrogens is 250 g/mol. The first-order valence-corrected chi connectivity index (χ1v) is 6.28. The van der Waals surface area contributed by atoms with E-state index in [4.69, 9.17) is 17.3 Å². The molecule has 0 saturated heterocycles. The number of nitrogen functional groups attached to an aromatic ring is 1. The minimum atomic E-state index is 0.301. The minimum Gasteiger partial charge on any atom is -0.382 e. The van der Waals surface area contributed by atoms with E-state index in [2.05, 4.69) is 28.9 Å². The van der Waals surface area contributed by atoms with Crippen LogP contribution < -0.4 is 5.73 Å². The molecule has 2 N–H and O–H groups in total. The van der Waals surface area contributed by atoms with Crippen molar-refractivity contribution in [3.8, 4) is 11.3 Å². The summed E-state index contributed by atoms with van der Waals surface area (Å²) in [4.78, 5) is 8.15. The number of nitrogens with two attached hydrogens (primary N) is 1. The fourth-order valence-corrected chi connectivity index (χ4v) is 2.30. The Morgan fingerprint density at radius 2 is 2.00 bits per heavy atom. The van der Waals surface area contributed by atoms with Crippen molar-refractivity contribution in [3.05, 3.63) is 22.7 Å². The van der Waals surface area contributed by atoms with Crippen LogP contribution >= 0.6 is 11.6 Å². The summed E-state index contributed by atoms with van der Waals surface area (Å²) in [5, 5.41) is 4.90. The summed E-state index contributed by atoms with van der Waals surface area (Å²) in [7, 11) is 1.93. The lowest BCUT2D eigenvalue weighted by Gasteiger charge is -2.07. The highest BCUT2D eigenvalue weighted by atomic mass is 35.5. The van der Waals surface area contributed by atoms with Gasteiger partial charge in [-0.15, -0.1) is 0 Å². The highest BCUT2D eigenvalue weighted by molar-refractivity contribution is 6.35. The molecule has 6 heteroatoms. The summed E-state index contributed by atoms with van der Waals surface area (Å²) >= 11 is 6.21. The fraction of sp³-hybridized carbons (Fsp3) is 0.417. The highest BCUT2D eigenvalue weighted by Crippen LogP contribution is 2.33. The van der Waals surface area contributed by atoms with E-state index >= 15 is 0 Å². The van der Waals surface area contributed by atoms with Crippen LogP contribution in [0.25, 0.3) is 11.3 Å². The van der Waals surface area contributed by atoms with Gasteiger partial charge >= 0.3 is 0 Å². The molecule has 2 rings (SSSR count). The number of halogens is 1. The Kier molecular flexibility index (Phi) is 3.52. The quantitative estimate of drug-likeness (QED) is 0.924. The molecule has 0 aromatic carbocycles. The molecule has 0 amide bonds. The molecule has 2 aromatic heterocycles. The summed E-state index contributed by atoms with van der Waals surface area (Å²) in [5.41, 5.74) is 9.48. The maximum absolute atomic E-state index is 6.21. The van der Waals surface area contributed by atoms with Crippen LogP contribution in [0, 0.1) is 0 Å². The topological polar surface area (TPSA) is 69.6 Å². The van der Waals surface area contributed by atoms with Crippen LogP contribution in [0.4, 0.5) is 5.82 Å². The Labute approximate surface area is 111 Å². The molecule has 0 spiro atoms. The van der Waals surface area contributed by atoms with Crippen LogP contribution in [0.15, 0.2) is 6.33 Å². The maximum Gasteiger partial charge on any atom is 0.146 e. The van der Waals surface area contributed by atoms with Crippen molar-refractivity contribution < 1.29 is 0 Å². The van der Waals surface area contributed by atoms with Crippen LogP contribution in [0.5, 0.6) is 0 Å². The number of nitrogens with zero attached hydrogens (tertiary/aromatic N) is 4. The SMILES string of the molecule is CCc1nn(C)c(CC)c1-c1ncnc(N)c1Cl. The molecule has 0 fully saturated rings. The first kappa shape index (κ1) is 12.8. The first-order valence-electron chi connectivity index (χ1n) is 5.91. The third-order valence-electron chi connectivity index (χ3n) is 2.96. The average Bonchev–Trinajstić information content (AvgIpc) is 2.68. The van der Waals surface area contributed by atoms with E-state index in [0.29, 0.717) is 16.5 Å². The summed E-state index contributed by atoms with van der Waals surface area (Å²) < 4.78 is 1.88. The van der Waals surface area contributed by atoms with Crippen molar-refractivity contribution in [2.24, 2.45) is 7.05 Å².